The van der Waals surface area contributed by atoms with Crippen molar-refractivity contribution in [2.24, 2.45) is 0 Å². The van der Waals surface area contributed by atoms with E-state index >= 15 is 0 Å². The molecule has 0 saturated heterocycles. The van der Waals surface area contributed by atoms with Crippen molar-refractivity contribution >= 4 is 5.97 Å². The van der Waals surface area contributed by atoms with Gasteiger partial charge in [0.15, 0.2) is 0 Å². The number of esters is 1. The van der Waals surface area contributed by atoms with Crippen LogP contribution < -0.4 is 4.57 Å². The van der Waals surface area contributed by atoms with E-state index in [9.17, 15) is 4.79 Å². The Morgan fingerprint density at radius 1 is 1.24 bits per heavy atom. The first kappa shape index (κ1) is 17.5. The average molecular weight is 293 g/mol. The zero-order valence-corrected chi connectivity index (χ0v) is 13.5. The molecule has 0 bridgehead atoms. The molecule has 1 heterocycles. The van der Waals surface area contributed by atoms with Crippen LogP contribution in [-0.2, 0) is 22.6 Å². The van der Waals surface area contributed by atoms with Crippen LogP contribution in [0.5, 0.6) is 0 Å². The first-order valence-electron chi connectivity index (χ1n) is 8.01. The molecule has 1 aromatic rings. The summed E-state index contributed by atoms with van der Waals surface area (Å²) < 4.78 is 9.32. The van der Waals surface area contributed by atoms with Crippen molar-refractivity contribution in [3.63, 3.8) is 0 Å². The minimum absolute atomic E-state index is 0.317. The fraction of sp³-hybridized carbons (Fsp3) is 0.647. The Bertz CT molecular complexity index is 438. The molecule has 1 rings (SSSR count). The fourth-order valence-electron chi connectivity index (χ4n) is 2.14. The standard InChI is InChI=1S/C17H29N2O2/c1-4-5-6-7-8-9-10-18-11-12-19(15-18)13-14-21-17(20)16(2)3/h11-12,15H,2,4-10,13-14H2,1,3H3/q+1. The maximum atomic E-state index is 11.3. The summed E-state index contributed by atoms with van der Waals surface area (Å²) in [5.41, 5.74) is 0.445. The van der Waals surface area contributed by atoms with Crippen molar-refractivity contribution in [2.75, 3.05) is 6.61 Å². The smallest absolute Gasteiger partial charge is 0.333 e. The third kappa shape index (κ3) is 7.69. The van der Waals surface area contributed by atoms with Gasteiger partial charge in [-0.3, -0.25) is 0 Å². The van der Waals surface area contributed by atoms with E-state index in [0.717, 1.165) is 6.54 Å². The largest absolute Gasteiger partial charge is 0.458 e. The van der Waals surface area contributed by atoms with Gasteiger partial charge in [-0.1, -0.05) is 39.2 Å². The molecule has 0 saturated carbocycles. The summed E-state index contributed by atoms with van der Waals surface area (Å²) in [4.78, 5) is 11.3. The Kier molecular flexibility index (Phi) is 8.48. The molecule has 0 fully saturated rings. The molecule has 4 nitrogen and oxygen atoms in total. The maximum absolute atomic E-state index is 11.3. The second kappa shape index (κ2) is 10.2. The van der Waals surface area contributed by atoms with Crippen LogP contribution >= 0.6 is 0 Å². The Labute approximate surface area is 128 Å². The minimum atomic E-state index is -0.317. The normalized spacial score (nSPS) is 10.6. The molecule has 0 spiro atoms. The molecular formula is C17H29N2O2+. The van der Waals surface area contributed by atoms with Crippen LogP contribution in [0.4, 0.5) is 0 Å². The van der Waals surface area contributed by atoms with Crippen LogP contribution in [0.2, 0.25) is 0 Å². The van der Waals surface area contributed by atoms with Crippen LogP contribution in [-0.4, -0.2) is 17.1 Å². The Morgan fingerprint density at radius 2 is 1.95 bits per heavy atom. The summed E-state index contributed by atoms with van der Waals surface area (Å²) in [6.07, 6.45) is 14.0. The fourth-order valence-corrected chi connectivity index (χ4v) is 2.14. The predicted molar refractivity (Wildman–Crippen MR) is 83.8 cm³/mol. The molecule has 0 aromatic carbocycles. The van der Waals surface area contributed by atoms with Crippen LogP contribution in [0.1, 0.15) is 52.4 Å². The Morgan fingerprint density at radius 3 is 2.67 bits per heavy atom. The van der Waals surface area contributed by atoms with Crippen LogP contribution in [0.3, 0.4) is 0 Å². The number of aryl methyl sites for hydroxylation is 1. The summed E-state index contributed by atoms with van der Waals surface area (Å²) in [6, 6.07) is 0. The predicted octanol–water partition coefficient (Wildman–Crippen LogP) is 3.26. The van der Waals surface area contributed by atoms with E-state index in [-0.39, 0.29) is 5.97 Å². The van der Waals surface area contributed by atoms with E-state index in [1.165, 1.54) is 38.5 Å². The molecule has 4 heteroatoms. The van der Waals surface area contributed by atoms with E-state index in [2.05, 4.69) is 30.6 Å². The van der Waals surface area contributed by atoms with Crippen molar-refractivity contribution < 1.29 is 14.1 Å². The molecule has 0 N–H and O–H groups in total. The van der Waals surface area contributed by atoms with Gasteiger partial charge >= 0.3 is 5.97 Å². The molecule has 0 aliphatic heterocycles. The van der Waals surface area contributed by atoms with Crippen molar-refractivity contribution in [3.8, 4) is 0 Å². The summed E-state index contributed by atoms with van der Waals surface area (Å²) >= 11 is 0. The summed E-state index contributed by atoms with van der Waals surface area (Å²) in [6.45, 7) is 9.59. The maximum Gasteiger partial charge on any atom is 0.333 e. The number of hydrogen-bond donors (Lipinski definition) is 0. The van der Waals surface area contributed by atoms with Gasteiger partial charge < -0.3 is 4.74 Å². The number of aromatic nitrogens is 2. The highest BCUT2D eigenvalue weighted by Gasteiger charge is 2.06. The van der Waals surface area contributed by atoms with Gasteiger partial charge in [0.2, 0.25) is 6.33 Å². The molecule has 0 unspecified atom stereocenters. The van der Waals surface area contributed by atoms with E-state index in [1.54, 1.807) is 6.92 Å². The van der Waals surface area contributed by atoms with Gasteiger partial charge in [-0.15, -0.1) is 0 Å². The van der Waals surface area contributed by atoms with Crippen molar-refractivity contribution in [3.05, 3.63) is 30.9 Å². The Hall–Kier alpha value is -1.58. The zero-order chi connectivity index (χ0) is 15.5. The second-order valence-corrected chi connectivity index (χ2v) is 5.57. The topological polar surface area (TPSA) is 35.1 Å². The van der Waals surface area contributed by atoms with Gasteiger partial charge in [-0.05, 0) is 19.8 Å². The van der Waals surface area contributed by atoms with Crippen molar-refractivity contribution in [1.29, 1.82) is 0 Å². The lowest BCUT2D eigenvalue weighted by molar-refractivity contribution is -0.696. The van der Waals surface area contributed by atoms with Gasteiger partial charge in [0.05, 0.1) is 6.54 Å². The van der Waals surface area contributed by atoms with E-state index in [4.69, 9.17) is 4.74 Å². The SMILES string of the molecule is C=C(C)C(=O)OCCn1cc[n+](CCCCCCCC)c1. The quantitative estimate of drug-likeness (QED) is 0.272. The van der Waals surface area contributed by atoms with Crippen molar-refractivity contribution in [1.82, 2.24) is 4.57 Å². The molecule has 1 aromatic heterocycles. The number of imidazole rings is 1. The van der Waals surface area contributed by atoms with E-state index < -0.39 is 0 Å². The van der Waals surface area contributed by atoms with Crippen LogP contribution in [0, 0.1) is 0 Å². The number of ether oxygens (including phenoxy) is 1. The van der Waals surface area contributed by atoms with E-state index in [0.29, 0.717) is 18.7 Å². The van der Waals surface area contributed by atoms with Crippen LogP contribution in [0.25, 0.3) is 0 Å². The number of carbonyl (C=O) groups excluding carboxylic acids is 1. The van der Waals surface area contributed by atoms with Crippen LogP contribution in [0.15, 0.2) is 30.9 Å². The lowest BCUT2D eigenvalue weighted by Gasteiger charge is -2.01. The molecule has 0 aliphatic rings. The summed E-state index contributed by atoms with van der Waals surface area (Å²) in [5.74, 6) is -0.317. The highest BCUT2D eigenvalue weighted by Crippen LogP contribution is 2.04. The average Bonchev–Trinajstić information content (AvgIpc) is 2.90. The van der Waals surface area contributed by atoms with Gasteiger partial charge in [-0.2, -0.15) is 0 Å². The summed E-state index contributed by atoms with van der Waals surface area (Å²) in [5, 5.41) is 0. The number of rotatable bonds is 11. The molecule has 118 valence electrons. The number of unbranched alkanes of at least 4 members (excludes halogenated alkanes) is 5. The third-order valence-corrected chi connectivity index (χ3v) is 3.45. The van der Waals surface area contributed by atoms with Crippen molar-refractivity contribution in [2.45, 2.75) is 65.5 Å². The molecule has 0 radical (unpaired) electrons. The number of hydrogen-bond acceptors (Lipinski definition) is 2. The minimum Gasteiger partial charge on any atom is -0.458 e. The first-order chi connectivity index (χ1) is 10.1. The molecule has 21 heavy (non-hydrogen) atoms. The summed E-state index contributed by atoms with van der Waals surface area (Å²) in [7, 11) is 0. The first-order valence-corrected chi connectivity index (χ1v) is 8.01. The van der Waals surface area contributed by atoms with E-state index in [1.807, 2.05) is 10.8 Å². The second-order valence-electron chi connectivity index (χ2n) is 5.57. The highest BCUT2D eigenvalue weighted by molar-refractivity contribution is 5.86. The lowest BCUT2D eigenvalue weighted by Crippen LogP contribution is -2.31. The van der Waals surface area contributed by atoms with Gasteiger partial charge in [0, 0.05) is 5.57 Å². The monoisotopic (exact) mass is 293 g/mol. The van der Waals surface area contributed by atoms with Gasteiger partial charge in [0.25, 0.3) is 0 Å². The van der Waals surface area contributed by atoms with Gasteiger partial charge in [-0.25, -0.2) is 13.9 Å². The number of carbonyl (C=O) groups is 1. The Balaban J connectivity index is 2.15. The van der Waals surface area contributed by atoms with Gasteiger partial charge in [0.1, 0.15) is 25.5 Å². The highest BCUT2D eigenvalue weighted by atomic mass is 16.5. The molecule has 0 atom stereocenters. The molecule has 0 amide bonds. The zero-order valence-electron chi connectivity index (χ0n) is 13.5. The molecular weight excluding hydrogens is 264 g/mol. The number of nitrogens with zero attached hydrogens (tertiary/aromatic N) is 2. The third-order valence-electron chi connectivity index (χ3n) is 3.45. The lowest BCUT2D eigenvalue weighted by atomic mass is 10.1. The molecule has 0 aliphatic carbocycles.